The maximum absolute atomic E-state index is 10.6. The highest BCUT2D eigenvalue weighted by molar-refractivity contribution is 5.81. The summed E-state index contributed by atoms with van der Waals surface area (Å²) < 4.78 is 7.26. The van der Waals surface area contributed by atoms with Crippen molar-refractivity contribution in [3.63, 3.8) is 0 Å². The predicted octanol–water partition coefficient (Wildman–Crippen LogP) is 0.236. The van der Waals surface area contributed by atoms with Gasteiger partial charge in [0.1, 0.15) is 36.8 Å². The Balaban J connectivity index is 1.24. The van der Waals surface area contributed by atoms with Crippen molar-refractivity contribution in [3.8, 4) is 0 Å². The first kappa shape index (κ1) is 23.0. The molecule has 1 saturated heterocycles. The molecule has 0 aliphatic carbocycles. The van der Waals surface area contributed by atoms with Gasteiger partial charge in [-0.15, -0.1) is 0 Å². The smallest absolute Gasteiger partial charge is 0.303 e. The van der Waals surface area contributed by atoms with Crippen molar-refractivity contribution in [1.29, 1.82) is 0 Å². The zero-order valence-corrected chi connectivity index (χ0v) is 17.6. The number of carboxylic acid groups (broad SMARTS) is 1. The first-order valence-corrected chi connectivity index (χ1v) is 10.4. The number of hydrogen-bond acceptors (Lipinski definition) is 10. The summed E-state index contributed by atoms with van der Waals surface area (Å²) in [6.07, 6.45) is -0.307. The highest BCUT2D eigenvalue weighted by Gasteiger charge is 2.44. The van der Waals surface area contributed by atoms with E-state index in [4.69, 9.17) is 25.4 Å². The van der Waals surface area contributed by atoms with E-state index in [-0.39, 0.29) is 25.5 Å². The molecule has 4 rings (SSSR count). The number of nitrogen functional groups attached to an aromatic ring is 1. The molecule has 1 fully saturated rings. The van der Waals surface area contributed by atoms with Gasteiger partial charge < -0.3 is 25.8 Å². The number of aliphatic hydroxyl groups is 2. The van der Waals surface area contributed by atoms with Crippen LogP contribution in [0.1, 0.15) is 23.8 Å². The largest absolute Gasteiger partial charge is 0.481 e. The van der Waals surface area contributed by atoms with Crippen molar-refractivity contribution in [3.05, 3.63) is 48.0 Å². The van der Waals surface area contributed by atoms with Crippen LogP contribution in [-0.2, 0) is 32.1 Å². The van der Waals surface area contributed by atoms with Gasteiger partial charge in [0.15, 0.2) is 17.7 Å². The normalized spacial score (nSPS) is 22.7. The van der Waals surface area contributed by atoms with Gasteiger partial charge in [-0.2, -0.15) is 0 Å². The van der Waals surface area contributed by atoms with Crippen molar-refractivity contribution in [2.75, 3.05) is 18.9 Å². The Morgan fingerprint density at radius 2 is 1.79 bits per heavy atom. The van der Waals surface area contributed by atoms with E-state index >= 15 is 0 Å². The molecular formula is C21H25N5O7. The van der Waals surface area contributed by atoms with E-state index in [1.54, 1.807) is 0 Å². The first-order chi connectivity index (χ1) is 15.9. The molecule has 5 N–H and O–H groups in total. The fourth-order valence-corrected chi connectivity index (χ4v) is 3.61. The molecule has 1 aromatic carbocycles. The number of ether oxygens (including phenoxy) is 1. The number of carbonyl (C=O) groups is 1. The number of benzene rings is 1. The van der Waals surface area contributed by atoms with Gasteiger partial charge in [-0.05, 0) is 24.0 Å². The summed E-state index contributed by atoms with van der Waals surface area (Å²) in [6.45, 7) is 0.179. The third-order valence-corrected chi connectivity index (χ3v) is 5.44. The number of rotatable bonds is 10. The van der Waals surface area contributed by atoms with Crippen LogP contribution in [0.5, 0.6) is 0 Å². The molecule has 0 radical (unpaired) electrons. The van der Waals surface area contributed by atoms with Crippen molar-refractivity contribution < 1.29 is 34.6 Å². The number of carboxylic acids is 1. The average Bonchev–Trinajstić information content (AvgIpc) is 3.35. The number of aromatic nitrogens is 4. The Kier molecular flexibility index (Phi) is 7.11. The second-order valence-corrected chi connectivity index (χ2v) is 7.70. The zero-order valence-electron chi connectivity index (χ0n) is 17.6. The van der Waals surface area contributed by atoms with Gasteiger partial charge in [0.2, 0.25) is 0 Å². The fraction of sp³-hybridized carbons (Fsp3) is 0.429. The van der Waals surface area contributed by atoms with E-state index < -0.39 is 30.5 Å². The molecule has 0 bridgehead atoms. The predicted molar refractivity (Wildman–Crippen MR) is 114 cm³/mol. The van der Waals surface area contributed by atoms with Crippen molar-refractivity contribution >= 4 is 23.0 Å². The highest BCUT2D eigenvalue weighted by Crippen LogP contribution is 2.32. The number of hydrogen-bond donors (Lipinski definition) is 4. The number of nitrogens with zero attached hydrogens (tertiary/aromatic N) is 4. The molecule has 1 aliphatic rings. The van der Waals surface area contributed by atoms with Gasteiger partial charge in [-0.3, -0.25) is 9.36 Å². The molecule has 176 valence electrons. The van der Waals surface area contributed by atoms with Crippen LogP contribution >= 0.6 is 0 Å². The lowest BCUT2D eigenvalue weighted by molar-refractivity contribution is -0.309. The Morgan fingerprint density at radius 1 is 1.06 bits per heavy atom. The molecule has 33 heavy (non-hydrogen) atoms. The quantitative estimate of drug-likeness (QED) is 0.186. The second-order valence-electron chi connectivity index (χ2n) is 7.70. The van der Waals surface area contributed by atoms with Crippen LogP contribution in [0.3, 0.4) is 0 Å². The van der Waals surface area contributed by atoms with Crippen molar-refractivity contribution in [1.82, 2.24) is 19.5 Å². The number of imidazole rings is 1. The van der Waals surface area contributed by atoms with Crippen molar-refractivity contribution in [2.45, 2.75) is 43.8 Å². The summed E-state index contributed by atoms with van der Waals surface area (Å²) in [5.41, 5.74) is 8.51. The molecular weight excluding hydrogens is 434 g/mol. The number of aryl methyl sites for hydroxylation is 1. The van der Waals surface area contributed by atoms with Crippen LogP contribution in [0.15, 0.2) is 36.9 Å². The number of fused-ring (bicyclic) bond motifs is 1. The van der Waals surface area contributed by atoms with E-state index in [0.29, 0.717) is 24.0 Å². The average molecular weight is 459 g/mol. The van der Waals surface area contributed by atoms with Gasteiger partial charge in [0.05, 0.1) is 12.9 Å². The maximum atomic E-state index is 10.6. The number of nitrogens with two attached hydrogens (primary N) is 1. The lowest BCUT2D eigenvalue weighted by Crippen LogP contribution is -2.33. The first-order valence-electron chi connectivity index (χ1n) is 10.4. The SMILES string of the molecule is Nc1ncnc2c1ncn2[C@@H]1O[C@H](COOCCc2ccc(CCC(=O)O)cc2)[C@@H](O)[C@H]1O. The molecule has 0 amide bonds. The molecule has 0 spiro atoms. The van der Waals surface area contributed by atoms with Crippen molar-refractivity contribution in [2.24, 2.45) is 0 Å². The third kappa shape index (κ3) is 5.26. The summed E-state index contributed by atoms with van der Waals surface area (Å²) in [7, 11) is 0. The Bertz CT molecular complexity index is 1090. The molecule has 3 aromatic rings. The molecule has 0 saturated carbocycles. The Hall–Kier alpha value is -3.16. The van der Waals surface area contributed by atoms with Gasteiger partial charge >= 0.3 is 5.97 Å². The number of anilines is 1. The van der Waals surface area contributed by atoms with Crippen LogP contribution in [0.4, 0.5) is 5.82 Å². The molecule has 1 aliphatic heterocycles. The minimum absolute atomic E-state index is 0.0907. The second kappa shape index (κ2) is 10.2. The molecule has 12 heteroatoms. The summed E-state index contributed by atoms with van der Waals surface area (Å²) >= 11 is 0. The summed E-state index contributed by atoms with van der Waals surface area (Å²) in [4.78, 5) is 33.2. The number of aliphatic hydroxyl groups excluding tert-OH is 2. The summed E-state index contributed by atoms with van der Waals surface area (Å²) in [5, 5.41) is 29.5. The molecule has 0 unspecified atom stereocenters. The van der Waals surface area contributed by atoms with Gasteiger partial charge in [0, 0.05) is 6.42 Å². The zero-order chi connectivity index (χ0) is 23.4. The monoisotopic (exact) mass is 459 g/mol. The van der Waals surface area contributed by atoms with E-state index in [2.05, 4.69) is 15.0 Å². The molecule has 3 heterocycles. The maximum Gasteiger partial charge on any atom is 0.303 e. The van der Waals surface area contributed by atoms with Crippen LogP contribution in [0.2, 0.25) is 0 Å². The van der Waals surface area contributed by atoms with E-state index in [1.165, 1.54) is 17.2 Å². The van der Waals surface area contributed by atoms with E-state index in [1.807, 2.05) is 24.3 Å². The van der Waals surface area contributed by atoms with Gasteiger partial charge in [0.25, 0.3) is 0 Å². The van der Waals surface area contributed by atoms with Crippen LogP contribution < -0.4 is 5.73 Å². The Morgan fingerprint density at radius 3 is 2.52 bits per heavy atom. The van der Waals surface area contributed by atoms with E-state index in [0.717, 1.165) is 11.1 Å². The van der Waals surface area contributed by atoms with Gasteiger partial charge in [-0.1, -0.05) is 24.3 Å². The fourth-order valence-electron chi connectivity index (χ4n) is 3.61. The van der Waals surface area contributed by atoms with E-state index in [9.17, 15) is 15.0 Å². The van der Waals surface area contributed by atoms with Crippen LogP contribution in [0.25, 0.3) is 11.2 Å². The minimum Gasteiger partial charge on any atom is -0.481 e. The highest BCUT2D eigenvalue weighted by atomic mass is 17.2. The summed E-state index contributed by atoms with van der Waals surface area (Å²) in [6, 6.07) is 7.61. The minimum atomic E-state index is -1.23. The van der Waals surface area contributed by atoms with Crippen LogP contribution in [0, 0.1) is 0 Å². The lowest BCUT2D eigenvalue weighted by atomic mass is 10.1. The molecule has 12 nitrogen and oxygen atoms in total. The standard InChI is InChI=1S/C21H25N5O7/c22-19-16-20(24-10-23-19)26(11-25-16)21-18(30)17(29)14(33-21)9-32-31-8-7-13-3-1-12(2-4-13)5-6-15(27)28/h1-4,10-11,14,17-18,21,29-30H,5-9H2,(H,27,28)(H2,22,23,24)/t14-,17-,18-,21-/m1/s1. The third-order valence-electron chi connectivity index (χ3n) is 5.44. The lowest BCUT2D eigenvalue weighted by Gasteiger charge is -2.16. The van der Waals surface area contributed by atoms with Gasteiger partial charge in [-0.25, -0.2) is 24.7 Å². The number of aliphatic carboxylic acids is 1. The molecule has 2 aromatic heterocycles. The Labute approximate surface area is 188 Å². The molecule has 4 atom stereocenters. The summed E-state index contributed by atoms with van der Waals surface area (Å²) in [5.74, 6) is -0.619. The van der Waals surface area contributed by atoms with Crippen LogP contribution in [-0.4, -0.2) is 72.3 Å². The topological polar surface area (TPSA) is 175 Å².